The lowest BCUT2D eigenvalue weighted by Gasteiger charge is -2.07. The number of rotatable bonds is 6. The van der Waals surface area contributed by atoms with Crippen molar-refractivity contribution in [1.29, 1.82) is 0 Å². The van der Waals surface area contributed by atoms with Gasteiger partial charge in [-0.15, -0.1) is 0 Å². The molecule has 0 atom stereocenters. The first-order valence-electron chi connectivity index (χ1n) is 8.15. The molecule has 2 N–H and O–H groups in total. The fraction of sp³-hybridized carbons (Fsp3) is 0.0476. The third kappa shape index (κ3) is 4.95. The van der Waals surface area contributed by atoms with Gasteiger partial charge in [0, 0.05) is 23.9 Å². The van der Waals surface area contributed by atoms with Crippen LogP contribution in [0.5, 0.6) is 0 Å². The smallest absolute Gasteiger partial charge is 0.251 e. The van der Waals surface area contributed by atoms with Gasteiger partial charge in [0.2, 0.25) is 5.91 Å². The minimum atomic E-state index is -0.275. The Kier molecular flexibility index (Phi) is 5.62. The van der Waals surface area contributed by atoms with E-state index in [-0.39, 0.29) is 11.8 Å². The molecule has 2 aromatic carbocycles. The molecule has 1 aromatic heterocycles. The lowest BCUT2D eigenvalue weighted by atomic mass is 10.1. The molecule has 0 saturated carbocycles. The number of hydrogen-bond acceptors (Lipinski definition) is 3. The molecule has 0 spiro atoms. The Bertz CT molecular complexity index is 883. The van der Waals surface area contributed by atoms with Crippen LogP contribution < -0.4 is 10.6 Å². The Morgan fingerprint density at radius 2 is 1.69 bits per heavy atom. The van der Waals surface area contributed by atoms with Crippen molar-refractivity contribution in [2.45, 2.75) is 6.54 Å². The maximum atomic E-state index is 12.2. The molecular weight excluding hydrogens is 328 g/mol. The molecule has 0 unspecified atom stereocenters. The first-order valence-corrected chi connectivity index (χ1v) is 8.15. The predicted octanol–water partition coefficient (Wildman–Crippen LogP) is 3.86. The number of carbonyl (C=O) groups is 2. The number of carbonyl (C=O) groups excluding carboxylic acids is 2. The van der Waals surface area contributed by atoms with Crippen LogP contribution in [-0.4, -0.2) is 11.8 Å². The van der Waals surface area contributed by atoms with E-state index in [1.807, 2.05) is 30.3 Å². The highest BCUT2D eigenvalue weighted by Crippen LogP contribution is 2.10. The largest absolute Gasteiger partial charge is 0.465 e. The van der Waals surface area contributed by atoms with E-state index in [1.165, 1.54) is 6.08 Å². The van der Waals surface area contributed by atoms with E-state index in [1.54, 1.807) is 48.7 Å². The Hall–Kier alpha value is -3.60. The Morgan fingerprint density at radius 3 is 2.38 bits per heavy atom. The van der Waals surface area contributed by atoms with Gasteiger partial charge in [-0.05, 0) is 48.0 Å². The van der Waals surface area contributed by atoms with Gasteiger partial charge in [0.15, 0.2) is 0 Å². The summed E-state index contributed by atoms with van der Waals surface area (Å²) in [5.41, 5.74) is 2.18. The second-order valence-electron chi connectivity index (χ2n) is 5.58. The molecule has 26 heavy (non-hydrogen) atoms. The molecule has 3 rings (SSSR count). The Labute approximate surface area is 151 Å². The van der Waals surface area contributed by atoms with Crippen molar-refractivity contribution in [3.05, 3.63) is 96.0 Å². The zero-order valence-electron chi connectivity index (χ0n) is 14.0. The van der Waals surface area contributed by atoms with Gasteiger partial charge in [0.1, 0.15) is 5.76 Å². The summed E-state index contributed by atoms with van der Waals surface area (Å²) in [7, 11) is 0. The summed E-state index contributed by atoms with van der Waals surface area (Å²) in [5.74, 6) is 0.165. The topological polar surface area (TPSA) is 71.3 Å². The van der Waals surface area contributed by atoms with E-state index in [2.05, 4.69) is 10.6 Å². The van der Waals surface area contributed by atoms with Crippen molar-refractivity contribution < 1.29 is 14.0 Å². The standard InChI is InChI=1S/C21H18N2O3/c24-20(13-12-19-7-4-14-26-19)23-18-10-8-17(9-11-18)21(25)22-15-16-5-2-1-3-6-16/h1-14H,15H2,(H,22,25)(H,23,24)/b13-12-. The normalized spacial score (nSPS) is 10.6. The molecule has 0 bridgehead atoms. The van der Waals surface area contributed by atoms with Gasteiger partial charge < -0.3 is 15.1 Å². The second kappa shape index (κ2) is 8.48. The lowest BCUT2D eigenvalue weighted by molar-refractivity contribution is -0.111. The van der Waals surface area contributed by atoms with E-state index in [9.17, 15) is 9.59 Å². The molecule has 3 aromatic rings. The molecule has 0 aliphatic rings. The quantitative estimate of drug-likeness (QED) is 0.666. The van der Waals surface area contributed by atoms with Crippen LogP contribution in [0.25, 0.3) is 6.08 Å². The number of furan rings is 1. The molecule has 0 fully saturated rings. The van der Waals surface area contributed by atoms with Crippen molar-refractivity contribution in [3.63, 3.8) is 0 Å². The van der Waals surface area contributed by atoms with Gasteiger partial charge in [0.25, 0.3) is 5.91 Å². The number of hydrogen-bond donors (Lipinski definition) is 2. The van der Waals surface area contributed by atoms with Crippen LogP contribution in [0.1, 0.15) is 21.7 Å². The second-order valence-corrected chi connectivity index (χ2v) is 5.58. The van der Waals surface area contributed by atoms with Gasteiger partial charge in [0.05, 0.1) is 6.26 Å². The molecular formula is C21H18N2O3. The van der Waals surface area contributed by atoms with Gasteiger partial charge in [-0.2, -0.15) is 0 Å². The minimum absolute atomic E-state index is 0.163. The fourth-order valence-corrected chi connectivity index (χ4v) is 2.31. The van der Waals surface area contributed by atoms with E-state index in [4.69, 9.17) is 4.42 Å². The van der Waals surface area contributed by atoms with Crippen molar-refractivity contribution in [1.82, 2.24) is 5.32 Å². The number of benzene rings is 2. The minimum Gasteiger partial charge on any atom is -0.465 e. The van der Waals surface area contributed by atoms with Crippen LogP contribution >= 0.6 is 0 Å². The van der Waals surface area contributed by atoms with Crippen LogP contribution in [0.4, 0.5) is 5.69 Å². The van der Waals surface area contributed by atoms with E-state index in [0.29, 0.717) is 23.6 Å². The predicted molar refractivity (Wildman–Crippen MR) is 100 cm³/mol. The maximum Gasteiger partial charge on any atom is 0.251 e. The molecule has 130 valence electrons. The summed E-state index contributed by atoms with van der Waals surface area (Å²) < 4.78 is 5.12. The zero-order valence-corrected chi connectivity index (χ0v) is 14.0. The van der Waals surface area contributed by atoms with Gasteiger partial charge in [-0.3, -0.25) is 9.59 Å². The number of nitrogens with one attached hydrogen (secondary N) is 2. The maximum absolute atomic E-state index is 12.2. The van der Waals surface area contributed by atoms with Crippen molar-refractivity contribution >= 4 is 23.6 Å². The summed E-state index contributed by atoms with van der Waals surface area (Å²) in [6, 6.07) is 19.9. The number of anilines is 1. The molecule has 0 aliphatic carbocycles. The highest BCUT2D eigenvalue weighted by atomic mass is 16.3. The molecule has 0 saturated heterocycles. The molecule has 0 aliphatic heterocycles. The summed E-state index contributed by atoms with van der Waals surface area (Å²) in [5, 5.41) is 5.59. The molecule has 5 heteroatoms. The highest BCUT2D eigenvalue weighted by Gasteiger charge is 2.06. The van der Waals surface area contributed by atoms with Gasteiger partial charge in [-0.1, -0.05) is 30.3 Å². The van der Waals surface area contributed by atoms with E-state index >= 15 is 0 Å². The summed E-state index contributed by atoms with van der Waals surface area (Å²) in [4.78, 5) is 24.0. The highest BCUT2D eigenvalue weighted by molar-refractivity contribution is 6.02. The number of amides is 2. The summed E-state index contributed by atoms with van der Waals surface area (Å²) in [6.45, 7) is 0.468. The first kappa shape index (κ1) is 17.2. The zero-order chi connectivity index (χ0) is 18.2. The van der Waals surface area contributed by atoms with Gasteiger partial charge >= 0.3 is 0 Å². The third-order valence-corrected chi connectivity index (χ3v) is 3.65. The summed E-state index contributed by atoms with van der Waals surface area (Å²) >= 11 is 0. The fourth-order valence-electron chi connectivity index (χ4n) is 2.31. The van der Waals surface area contributed by atoms with E-state index < -0.39 is 0 Å². The molecule has 1 heterocycles. The van der Waals surface area contributed by atoms with Gasteiger partial charge in [-0.25, -0.2) is 0 Å². The Morgan fingerprint density at radius 1 is 0.923 bits per heavy atom. The van der Waals surface area contributed by atoms with Crippen LogP contribution in [0.3, 0.4) is 0 Å². The first-order chi connectivity index (χ1) is 12.7. The van der Waals surface area contributed by atoms with E-state index in [0.717, 1.165) is 5.56 Å². The molecule has 2 amide bonds. The SMILES string of the molecule is O=C(/C=C\c1ccco1)Nc1ccc(C(=O)NCc2ccccc2)cc1. The Balaban J connectivity index is 1.52. The summed E-state index contributed by atoms with van der Waals surface area (Å²) in [6.07, 6.45) is 4.51. The molecule has 5 nitrogen and oxygen atoms in total. The molecule has 0 radical (unpaired) electrons. The average Bonchev–Trinajstić information content (AvgIpc) is 3.19. The monoisotopic (exact) mass is 346 g/mol. The van der Waals surface area contributed by atoms with Crippen LogP contribution in [0.15, 0.2) is 83.5 Å². The van der Waals surface area contributed by atoms with Crippen LogP contribution in [0, 0.1) is 0 Å². The van der Waals surface area contributed by atoms with Crippen molar-refractivity contribution in [2.75, 3.05) is 5.32 Å². The lowest BCUT2D eigenvalue weighted by Crippen LogP contribution is -2.22. The van der Waals surface area contributed by atoms with Crippen molar-refractivity contribution in [3.8, 4) is 0 Å². The third-order valence-electron chi connectivity index (χ3n) is 3.65. The van der Waals surface area contributed by atoms with Crippen LogP contribution in [-0.2, 0) is 11.3 Å². The average molecular weight is 346 g/mol. The van der Waals surface area contributed by atoms with Crippen molar-refractivity contribution in [2.24, 2.45) is 0 Å². The van der Waals surface area contributed by atoms with Crippen LogP contribution in [0.2, 0.25) is 0 Å².